The third-order valence-electron chi connectivity index (χ3n) is 1.62. The second-order valence-electron chi connectivity index (χ2n) is 2.80. The van der Waals surface area contributed by atoms with Crippen LogP contribution in [0.2, 0.25) is 0 Å². The number of hydrogen-bond acceptors (Lipinski definition) is 3. The van der Waals surface area contributed by atoms with Gasteiger partial charge in [-0.25, -0.2) is 0 Å². The van der Waals surface area contributed by atoms with Gasteiger partial charge in [-0.3, -0.25) is 9.59 Å². The SMILES string of the molecule is O=C/C=C\C(=O)NCCCCCC=O. The van der Waals surface area contributed by atoms with Crippen molar-refractivity contribution in [3.63, 3.8) is 0 Å². The van der Waals surface area contributed by atoms with E-state index in [4.69, 9.17) is 0 Å². The summed E-state index contributed by atoms with van der Waals surface area (Å²) in [4.78, 5) is 30.7. The molecule has 0 saturated carbocycles. The van der Waals surface area contributed by atoms with Crippen LogP contribution in [0, 0.1) is 0 Å². The number of hydrogen-bond donors (Lipinski definition) is 1. The van der Waals surface area contributed by atoms with Crippen molar-refractivity contribution in [2.75, 3.05) is 6.54 Å². The van der Waals surface area contributed by atoms with Gasteiger partial charge in [-0.15, -0.1) is 0 Å². The second kappa shape index (κ2) is 9.64. The lowest BCUT2D eigenvalue weighted by Gasteiger charge is -2.00. The van der Waals surface area contributed by atoms with E-state index in [0.29, 0.717) is 19.3 Å². The van der Waals surface area contributed by atoms with Gasteiger partial charge in [0.2, 0.25) is 5.91 Å². The minimum absolute atomic E-state index is 0.257. The molecule has 0 rings (SSSR count). The molecule has 4 heteroatoms. The molecular formula is C10H15NO3. The van der Waals surface area contributed by atoms with Gasteiger partial charge in [-0.05, 0) is 18.9 Å². The average molecular weight is 197 g/mol. The Labute approximate surface area is 83.4 Å². The first-order valence-corrected chi connectivity index (χ1v) is 4.64. The minimum atomic E-state index is -0.257. The van der Waals surface area contributed by atoms with Crippen LogP contribution in [-0.4, -0.2) is 25.0 Å². The van der Waals surface area contributed by atoms with Gasteiger partial charge in [-0.2, -0.15) is 0 Å². The summed E-state index contributed by atoms with van der Waals surface area (Å²) in [5, 5.41) is 2.62. The van der Waals surface area contributed by atoms with Crippen LogP contribution in [0.1, 0.15) is 25.7 Å². The number of nitrogens with one attached hydrogen (secondary N) is 1. The standard InChI is InChI=1S/C10H15NO3/c12-8-4-2-1-3-7-11-10(14)6-5-9-13/h5-6,8-9H,1-4,7H2,(H,11,14)/b6-5-. The molecule has 0 aliphatic carbocycles. The fraction of sp³-hybridized carbons (Fsp3) is 0.500. The molecule has 0 spiro atoms. The molecule has 0 atom stereocenters. The lowest BCUT2D eigenvalue weighted by Crippen LogP contribution is -2.22. The maximum atomic E-state index is 10.9. The molecule has 14 heavy (non-hydrogen) atoms. The molecule has 0 fully saturated rings. The summed E-state index contributed by atoms with van der Waals surface area (Å²) < 4.78 is 0. The lowest BCUT2D eigenvalue weighted by atomic mass is 10.2. The third-order valence-corrected chi connectivity index (χ3v) is 1.62. The number of unbranched alkanes of at least 4 members (excludes halogenated alkanes) is 3. The topological polar surface area (TPSA) is 63.2 Å². The predicted octanol–water partition coefficient (Wildman–Crippen LogP) is 0.617. The van der Waals surface area contributed by atoms with Gasteiger partial charge in [0.05, 0.1) is 0 Å². The van der Waals surface area contributed by atoms with Gasteiger partial charge in [0, 0.05) is 19.0 Å². The highest BCUT2D eigenvalue weighted by molar-refractivity contribution is 5.90. The first-order valence-electron chi connectivity index (χ1n) is 4.64. The molecule has 1 N–H and O–H groups in total. The highest BCUT2D eigenvalue weighted by Gasteiger charge is 1.93. The molecule has 0 bridgehead atoms. The Hall–Kier alpha value is -1.45. The van der Waals surface area contributed by atoms with Crippen LogP contribution in [0.5, 0.6) is 0 Å². The van der Waals surface area contributed by atoms with Crippen LogP contribution in [0.25, 0.3) is 0 Å². The number of rotatable bonds is 8. The van der Waals surface area contributed by atoms with Crippen molar-refractivity contribution in [1.29, 1.82) is 0 Å². The van der Waals surface area contributed by atoms with Crippen molar-refractivity contribution < 1.29 is 14.4 Å². The Balaban J connectivity index is 3.27. The monoisotopic (exact) mass is 197 g/mol. The van der Waals surface area contributed by atoms with Crippen molar-refractivity contribution in [3.8, 4) is 0 Å². The van der Waals surface area contributed by atoms with Gasteiger partial charge >= 0.3 is 0 Å². The first kappa shape index (κ1) is 12.6. The number of amides is 1. The average Bonchev–Trinajstić information content (AvgIpc) is 2.20. The summed E-state index contributed by atoms with van der Waals surface area (Å²) in [7, 11) is 0. The fourth-order valence-electron chi connectivity index (χ4n) is 0.927. The molecule has 0 aromatic heterocycles. The summed E-state index contributed by atoms with van der Waals surface area (Å²) in [6.45, 7) is 0.584. The zero-order chi connectivity index (χ0) is 10.6. The smallest absolute Gasteiger partial charge is 0.244 e. The second-order valence-corrected chi connectivity index (χ2v) is 2.80. The van der Waals surface area contributed by atoms with E-state index in [1.165, 1.54) is 6.08 Å². The minimum Gasteiger partial charge on any atom is -0.353 e. The van der Waals surface area contributed by atoms with Crippen molar-refractivity contribution in [2.45, 2.75) is 25.7 Å². The molecule has 0 unspecified atom stereocenters. The van der Waals surface area contributed by atoms with Gasteiger partial charge in [0.15, 0.2) is 0 Å². The van der Waals surface area contributed by atoms with Gasteiger partial charge in [0.25, 0.3) is 0 Å². The molecule has 0 saturated heterocycles. The van der Waals surface area contributed by atoms with E-state index in [1.807, 2.05) is 0 Å². The summed E-state index contributed by atoms with van der Waals surface area (Å²) in [5.41, 5.74) is 0. The van der Waals surface area contributed by atoms with E-state index in [9.17, 15) is 14.4 Å². The molecule has 1 amide bonds. The van der Waals surface area contributed by atoms with Crippen LogP contribution in [0.4, 0.5) is 0 Å². The Morgan fingerprint density at radius 2 is 1.93 bits per heavy atom. The molecular weight excluding hydrogens is 182 g/mol. The van der Waals surface area contributed by atoms with Crippen molar-refractivity contribution in [3.05, 3.63) is 12.2 Å². The molecule has 0 radical (unpaired) electrons. The first-order chi connectivity index (χ1) is 6.81. The Morgan fingerprint density at radius 1 is 1.14 bits per heavy atom. The van der Waals surface area contributed by atoms with Crippen LogP contribution in [0.15, 0.2) is 12.2 Å². The Kier molecular flexibility index (Phi) is 8.64. The number of allylic oxidation sites excluding steroid dienone is 1. The summed E-state index contributed by atoms with van der Waals surface area (Å²) in [6.07, 6.45) is 7.03. The van der Waals surface area contributed by atoms with Crippen LogP contribution >= 0.6 is 0 Å². The largest absolute Gasteiger partial charge is 0.353 e. The van der Waals surface area contributed by atoms with Crippen LogP contribution in [0.3, 0.4) is 0 Å². The summed E-state index contributed by atoms with van der Waals surface area (Å²) >= 11 is 0. The Bertz CT molecular complexity index is 211. The molecule has 0 aromatic rings. The van der Waals surface area contributed by atoms with Crippen molar-refractivity contribution >= 4 is 18.5 Å². The van der Waals surface area contributed by atoms with E-state index < -0.39 is 0 Å². The quantitative estimate of drug-likeness (QED) is 0.352. The molecule has 0 aliphatic heterocycles. The maximum Gasteiger partial charge on any atom is 0.244 e. The predicted molar refractivity (Wildman–Crippen MR) is 52.7 cm³/mol. The number of carbonyl (C=O) groups is 3. The molecule has 0 heterocycles. The van der Waals surface area contributed by atoms with E-state index in [2.05, 4.69) is 5.32 Å². The zero-order valence-corrected chi connectivity index (χ0v) is 8.07. The van der Waals surface area contributed by atoms with Gasteiger partial charge in [-0.1, -0.05) is 6.42 Å². The van der Waals surface area contributed by atoms with E-state index in [-0.39, 0.29) is 5.91 Å². The van der Waals surface area contributed by atoms with Gasteiger partial charge in [0.1, 0.15) is 12.6 Å². The highest BCUT2D eigenvalue weighted by atomic mass is 16.1. The van der Waals surface area contributed by atoms with E-state index in [1.54, 1.807) is 0 Å². The van der Waals surface area contributed by atoms with Crippen molar-refractivity contribution in [1.82, 2.24) is 5.32 Å². The Morgan fingerprint density at radius 3 is 2.57 bits per heavy atom. The number of aldehydes is 2. The maximum absolute atomic E-state index is 10.9. The molecule has 0 aliphatic rings. The summed E-state index contributed by atoms with van der Waals surface area (Å²) in [5.74, 6) is -0.257. The lowest BCUT2D eigenvalue weighted by molar-refractivity contribution is -0.116. The van der Waals surface area contributed by atoms with E-state index >= 15 is 0 Å². The normalized spacial score (nSPS) is 10.0. The molecule has 0 aromatic carbocycles. The number of carbonyl (C=O) groups excluding carboxylic acids is 3. The fourth-order valence-corrected chi connectivity index (χ4v) is 0.927. The van der Waals surface area contributed by atoms with Gasteiger partial charge < -0.3 is 10.1 Å². The van der Waals surface area contributed by atoms with Crippen LogP contribution in [-0.2, 0) is 14.4 Å². The molecule has 78 valence electrons. The van der Waals surface area contributed by atoms with Crippen molar-refractivity contribution in [2.24, 2.45) is 0 Å². The molecule has 4 nitrogen and oxygen atoms in total. The van der Waals surface area contributed by atoms with E-state index in [0.717, 1.165) is 31.6 Å². The van der Waals surface area contributed by atoms with Crippen LogP contribution < -0.4 is 5.32 Å². The summed E-state index contributed by atoms with van der Waals surface area (Å²) in [6, 6.07) is 0. The zero-order valence-electron chi connectivity index (χ0n) is 8.07. The highest BCUT2D eigenvalue weighted by Crippen LogP contribution is 1.95. The third kappa shape index (κ3) is 8.64.